The van der Waals surface area contributed by atoms with Crippen LogP contribution in [0.4, 0.5) is 0 Å². The number of halogens is 1. The van der Waals surface area contributed by atoms with E-state index in [1.165, 1.54) is 0 Å². The average Bonchev–Trinajstić information content (AvgIpc) is 2.83. The maximum atomic E-state index is 13.3. The van der Waals surface area contributed by atoms with Gasteiger partial charge < -0.3 is 14.8 Å². The lowest BCUT2D eigenvalue weighted by Crippen LogP contribution is -2.48. The zero-order valence-corrected chi connectivity index (χ0v) is 18.0. The molecule has 0 bridgehead atoms. The molecule has 160 valence electrons. The number of nitrogens with zero attached hydrogens (tertiary/aromatic N) is 1. The Labute approximate surface area is 187 Å². The van der Waals surface area contributed by atoms with Crippen molar-refractivity contribution in [2.24, 2.45) is 0 Å². The first kappa shape index (κ1) is 21.3. The van der Waals surface area contributed by atoms with Crippen molar-refractivity contribution in [1.82, 2.24) is 10.3 Å². The minimum Gasteiger partial charge on any atom is -0.487 e. The molecule has 31 heavy (non-hydrogen) atoms. The molecule has 1 saturated heterocycles. The molecule has 0 radical (unpaired) electrons. The summed E-state index contributed by atoms with van der Waals surface area (Å²) in [5.41, 5.74) is 2.08. The van der Waals surface area contributed by atoms with Gasteiger partial charge in [-0.2, -0.15) is 0 Å². The fourth-order valence-corrected chi connectivity index (χ4v) is 4.20. The molecule has 1 aliphatic heterocycles. The first-order chi connectivity index (χ1) is 15.2. The maximum Gasteiger partial charge on any atom is 0.231 e. The number of hydrogen-bond acceptors (Lipinski definition) is 4. The van der Waals surface area contributed by atoms with E-state index >= 15 is 0 Å². The lowest BCUT2D eigenvalue weighted by molar-refractivity contribution is -0.130. The first-order valence-corrected chi connectivity index (χ1v) is 10.8. The van der Waals surface area contributed by atoms with E-state index < -0.39 is 5.41 Å². The molecule has 2 heterocycles. The van der Waals surface area contributed by atoms with E-state index in [4.69, 9.17) is 21.1 Å². The number of benzene rings is 2. The SMILES string of the molecule is O=C(NCc1ccc(OCc2ccccn2)cc1)C1(c2ccccc2Cl)CCOCC1. The summed E-state index contributed by atoms with van der Waals surface area (Å²) in [5.74, 6) is 0.747. The number of rotatable bonds is 7. The van der Waals surface area contributed by atoms with E-state index in [-0.39, 0.29) is 5.91 Å². The Morgan fingerprint density at radius 3 is 2.48 bits per heavy atom. The van der Waals surface area contributed by atoms with E-state index in [0.717, 1.165) is 22.6 Å². The molecule has 1 aliphatic rings. The lowest BCUT2D eigenvalue weighted by Gasteiger charge is -2.36. The molecule has 2 aromatic carbocycles. The predicted molar refractivity (Wildman–Crippen MR) is 120 cm³/mol. The fourth-order valence-electron chi connectivity index (χ4n) is 3.88. The summed E-state index contributed by atoms with van der Waals surface area (Å²) in [6.45, 7) is 1.94. The number of pyridine rings is 1. The van der Waals surface area contributed by atoms with E-state index in [9.17, 15) is 4.79 Å². The second-order valence-electron chi connectivity index (χ2n) is 7.61. The second kappa shape index (κ2) is 9.94. The molecule has 5 nitrogen and oxygen atoms in total. The Kier molecular flexibility index (Phi) is 6.85. The van der Waals surface area contributed by atoms with E-state index in [1.54, 1.807) is 6.20 Å². The predicted octanol–water partition coefficient (Wildman–Crippen LogP) is 4.68. The summed E-state index contributed by atoms with van der Waals surface area (Å²) < 4.78 is 11.3. The van der Waals surface area contributed by atoms with Gasteiger partial charge in [-0.15, -0.1) is 0 Å². The topological polar surface area (TPSA) is 60.5 Å². The van der Waals surface area contributed by atoms with Crippen molar-refractivity contribution in [2.75, 3.05) is 13.2 Å². The highest BCUT2D eigenvalue weighted by atomic mass is 35.5. The number of hydrogen-bond donors (Lipinski definition) is 1. The van der Waals surface area contributed by atoms with Gasteiger partial charge in [0, 0.05) is 31.0 Å². The van der Waals surface area contributed by atoms with Crippen molar-refractivity contribution in [3.8, 4) is 5.75 Å². The van der Waals surface area contributed by atoms with Gasteiger partial charge >= 0.3 is 0 Å². The Balaban J connectivity index is 1.39. The molecule has 6 heteroatoms. The van der Waals surface area contributed by atoms with Crippen molar-refractivity contribution in [2.45, 2.75) is 31.4 Å². The number of carbonyl (C=O) groups excluding carboxylic acids is 1. The average molecular weight is 437 g/mol. The van der Waals surface area contributed by atoms with Crippen LogP contribution in [0.5, 0.6) is 5.75 Å². The van der Waals surface area contributed by atoms with E-state index in [0.29, 0.717) is 44.2 Å². The highest BCUT2D eigenvalue weighted by Gasteiger charge is 2.42. The zero-order valence-electron chi connectivity index (χ0n) is 17.2. The summed E-state index contributed by atoms with van der Waals surface area (Å²) in [6.07, 6.45) is 2.98. The molecular formula is C25H25ClN2O3. The van der Waals surface area contributed by atoms with E-state index in [2.05, 4.69) is 10.3 Å². The Hall–Kier alpha value is -2.89. The van der Waals surface area contributed by atoms with E-state index in [1.807, 2.05) is 66.7 Å². The maximum absolute atomic E-state index is 13.3. The van der Waals surface area contributed by atoms with Gasteiger partial charge in [0.25, 0.3) is 0 Å². The number of nitrogens with one attached hydrogen (secondary N) is 1. The summed E-state index contributed by atoms with van der Waals surface area (Å²) in [5, 5.41) is 3.73. The van der Waals surface area contributed by atoms with Crippen LogP contribution in [0, 0.1) is 0 Å². The van der Waals surface area contributed by atoms with Crippen LogP contribution in [0.25, 0.3) is 0 Å². The first-order valence-electron chi connectivity index (χ1n) is 10.4. The molecule has 3 aromatic rings. The van der Waals surface area contributed by atoms with Crippen LogP contribution in [-0.2, 0) is 28.1 Å². The highest BCUT2D eigenvalue weighted by molar-refractivity contribution is 6.31. The normalized spacial score (nSPS) is 15.3. The molecular weight excluding hydrogens is 412 g/mol. The summed E-state index contributed by atoms with van der Waals surface area (Å²) in [7, 11) is 0. The molecule has 1 aromatic heterocycles. The van der Waals surface area contributed by atoms with Gasteiger partial charge in [0.1, 0.15) is 12.4 Å². The minimum absolute atomic E-state index is 0.0145. The van der Waals surface area contributed by atoms with Gasteiger partial charge in [0.15, 0.2) is 0 Å². The van der Waals surface area contributed by atoms with Gasteiger partial charge in [0.05, 0.1) is 11.1 Å². The van der Waals surface area contributed by atoms with Crippen LogP contribution >= 0.6 is 11.6 Å². The van der Waals surface area contributed by atoms with Crippen LogP contribution < -0.4 is 10.1 Å². The van der Waals surface area contributed by atoms with Gasteiger partial charge in [-0.25, -0.2) is 0 Å². The summed E-state index contributed by atoms with van der Waals surface area (Å²) >= 11 is 6.46. The molecule has 1 amide bonds. The largest absolute Gasteiger partial charge is 0.487 e. The van der Waals surface area contributed by atoms with Crippen molar-refractivity contribution in [1.29, 1.82) is 0 Å². The van der Waals surface area contributed by atoms with Crippen LogP contribution in [0.3, 0.4) is 0 Å². The summed E-state index contributed by atoms with van der Waals surface area (Å²) in [4.78, 5) is 17.6. The molecule has 4 rings (SSSR count). The number of ether oxygens (including phenoxy) is 2. The molecule has 0 aliphatic carbocycles. The Morgan fingerprint density at radius 2 is 1.77 bits per heavy atom. The third-order valence-corrected chi connectivity index (χ3v) is 5.99. The third-order valence-electron chi connectivity index (χ3n) is 5.66. The standard InChI is InChI=1S/C25H25ClN2O3/c26-23-7-2-1-6-22(23)25(12-15-30-16-13-25)24(29)28-17-19-8-10-21(11-9-19)31-18-20-5-3-4-14-27-20/h1-11,14H,12-13,15-18H2,(H,28,29). The smallest absolute Gasteiger partial charge is 0.231 e. The highest BCUT2D eigenvalue weighted by Crippen LogP contribution is 2.39. The Bertz CT molecular complexity index is 1000. The van der Waals surface area contributed by atoms with Crippen molar-refractivity contribution in [3.63, 3.8) is 0 Å². The molecule has 1 fully saturated rings. The number of carbonyl (C=O) groups is 1. The van der Waals surface area contributed by atoms with Crippen LogP contribution in [-0.4, -0.2) is 24.1 Å². The quantitative estimate of drug-likeness (QED) is 0.584. The van der Waals surface area contributed by atoms with Gasteiger partial charge in [-0.3, -0.25) is 9.78 Å². The monoisotopic (exact) mass is 436 g/mol. The molecule has 0 unspecified atom stereocenters. The molecule has 1 N–H and O–H groups in total. The molecule has 0 saturated carbocycles. The van der Waals surface area contributed by atoms with Crippen molar-refractivity contribution < 1.29 is 14.3 Å². The third kappa shape index (κ3) is 5.06. The zero-order chi connectivity index (χ0) is 21.5. The number of amides is 1. The van der Waals surface area contributed by atoms with Gasteiger partial charge in [-0.1, -0.05) is 48.0 Å². The van der Waals surface area contributed by atoms with Gasteiger partial charge in [0.2, 0.25) is 5.91 Å². The minimum atomic E-state index is -0.664. The number of aromatic nitrogens is 1. The van der Waals surface area contributed by atoms with Crippen LogP contribution in [0.15, 0.2) is 72.9 Å². The second-order valence-corrected chi connectivity index (χ2v) is 8.02. The lowest BCUT2D eigenvalue weighted by atomic mass is 9.73. The van der Waals surface area contributed by atoms with Crippen LogP contribution in [0.1, 0.15) is 29.7 Å². The molecule has 0 atom stereocenters. The Morgan fingerprint density at radius 1 is 1.03 bits per heavy atom. The molecule has 0 spiro atoms. The van der Waals surface area contributed by atoms with Crippen molar-refractivity contribution >= 4 is 17.5 Å². The van der Waals surface area contributed by atoms with Gasteiger partial charge in [-0.05, 0) is 54.3 Å². The fraction of sp³-hybridized carbons (Fsp3) is 0.280. The van der Waals surface area contributed by atoms with Crippen LogP contribution in [0.2, 0.25) is 5.02 Å². The van der Waals surface area contributed by atoms with Crippen molar-refractivity contribution in [3.05, 3.63) is 94.8 Å². The summed E-state index contributed by atoms with van der Waals surface area (Å²) in [6, 6.07) is 21.1.